The first-order valence-electron chi connectivity index (χ1n) is 10.5. The average molecular weight is 473 g/mol. The molecule has 0 radical (unpaired) electrons. The summed E-state index contributed by atoms with van der Waals surface area (Å²) >= 11 is 6.15. The number of hydrogen-bond donors (Lipinski definition) is 1. The van der Waals surface area contributed by atoms with Gasteiger partial charge in [-0.2, -0.15) is 13.2 Å². The number of nitrogens with zero attached hydrogens (tertiary/aromatic N) is 4. The Hall–Kier alpha value is -2.33. The normalized spacial score (nSPS) is 22.1. The van der Waals surface area contributed by atoms with Gasteiger partial charge in [0.05, 0.1) is 37.4 Å². The Labute approximate surface area is 188 Å². The summed E-state index contributed by atoms with van der Waals surface area (Å²) in [6, 6.07) is 5.34. The van der Waals surface area contributed by atoms with Crippen LogP contribution in [0.1, 0.15) is 62.2 Å². The van der Waals surface area contributed by atoms with Crippen molar-refractivity contribution in [3.05, 3.63) is 40.4 Å². The molecule has 1 saturated carbocycles. The fourth-order valence-electron chi connectivity index (χ4n) is 4.59. The molecule has 2 aromatic rings. The van der Waals surface area contributed by atoms with Crippen molar-refractivity contribution >= 4 is 17.7 Å². The van der Waals surface area contributed by atoms with Gasteiger partial charge in [-0.15, -0.1) is 10.2 Å². The van der Waals surface area contributed by atoms with E-state index >= 15 is 0 Å². The zero-order valence-corrected chi connectivity index (χ0v) is 18.2. The summed E-state index contributed by atoms with van der Waals surface area (Å²) < 4.78 is 45.3. The van der Waals surface area contributed by atoms with Crippen molar-refractivity contribution in [1.29, 1.82) is 0 Å². The minimum atomic E-state index is -4.24. The average Bonchev–Trinajstić information content (AvgIpc) is 3.02. The molecule has 1 aromatic heterocycles. The van der Waals surface area contributed by atoms with Crippen molar-refractivity contribution in [3.8, 4) is 5.69 Å². The van der Waals surface area contributed by atoms with Crippen LogP contribution in [0.25, 0.3) is 5.69 Å². The molecule has 2 heterocycles. The summed E-state index contributed by atoms with van der Waals surface area (Å²) in [6.45, 7) is 1.74. The molecule has 0 saturated heterocycles. The zero-order valence-electron chi connectivity index (χ0n) is 17.5. The Morgan fingerprint density at radius 1 is 1.25 bits per heavy atom. The van der Waals surface area contributed by atoms with Gasteiger partial charge in [0.25, 0.3) is 0 Å². The summed E-state index contributed by atoms with van der Waals surface area (Å²) in [6.07, 6.45) is -4.68. The molecule has 1 unspecified atom stereocenters. The summed E-state index contributed by atoms with van der Waals surface area (Å²) in [5, 5.41) is 18.7. The Morgan fingerprint density at radius 3 is 2.62 bits per heavy atom. The van der Waals surface area contributed by atoms with Crippen LogP contribution in [-0.4, -0.2) is 49.2 Å². The van der Waals surface area contributed by atoms with Gasteiger partial charge in [0.2, 0.25) is 0 Å². The highest BCUT2D eigenvalue weighted by atomic mass is 35.5. The predicted molar refractivity (Wildman–Crippen MR) is 110 cm³/mol. The van der Waals surface area contributed by atoms with Crippen LogP contribution in [0.3, 0.4) is 0 Å². The summed E-state index contributed by atoms with van der Waals surface area (Å²) in [7, 11) is 0. The number of alkyl halides is 3. The lowest BCUT2D eigenvalue weighted by molar-refractivity contribution is -0.166. The Balaban J connectivity index is 1.53. The minimum Gasteiger partial charge on any atom is -0.465 e. The molecule has 1 fully saturated rings. The third-order valence-electron chi connectivity index (χ3n) is 5.98. The number of rotatable bonds is 4. The smallest absolute Gasteiger partial charge is 0.408 e. The van der Waals surface area contributed by atoms with Crippen molar-refractivity contribution in [3.63, 3.8) is 0 Å². The SMILES string of the molecule is CC(CC(F)(F)F)O[C@H]1CC[C@H](c2nnc3n2-c2ccc(Cl)cc2CN(C(=O)O)C3)CC1. The second-order valence-electron chi connectivity index (χ2n) is 8.46. The van der Waals surface area contributed by atoms with Crippen LogP contribution >= 0.6 is 11.6 Å². The standard InChI is InChI=1S/C21H24ClF3N4O3/c1-12(9-21(23,24)25)32-16-5-2-13(3-6-16)19-27-26-18-11-28(20(30)31)10-14-8-15(22)4-7-17(14)29(18)19/h4,7-8,12-13,16H,2-3,5-6,9-11H2,1H3,(H,30,31)/t12?,13-,16-. The molecule has 0 spiro atoms. The molecule has 174 valence electrons. The van der Waals surface area contributed by atoms with Crippen LogP contribution in [0.5, 0.6) is 0 Å². The molecule has 2 aliphatic rings. The van der Waals surface area contributed by atoms with Crippen LogP contribution in [0.15, 0.2) is 18.2 Å². The van der Waals surface area contributed by atoms with Gasteiger partial charge in [-0.1, -0.05) is 11.6 Å². The highest BCUT2D eigenvalue weighted by molar-refractivity contribution is 6.30. The lowest BCUT2D eigenvalue weighted by Crippen LogP contribution is -2.28. The van der Waals surface area contributed by atoms with E-state index in [9.17, 15) is 23.1 Å². The zero-order chi connectivity index (χ0) is 23.0. The molecule has 1 atom stereocenters. The molecule has 4 rings (SSSR count). The molecular formula is C21H24ClF3N4O3. The van der Waals surface area contributed by atoms with Gasteiger partial charge in [-0.05, 0) is 56.4 Å². The number of benzene rings is 1. The fourth-order valence-corrected chi connectivity index (χ4v) is 4.78. The molecule has 0 bridgehead atoms. The minimum absolute atomic E-state index is 0.0499. The maximum Gasteiger partial charge on any atom is 0.408 e. The van der Waals surface area contributed by atoms with E-state index in [1.807, 2.05) is 10.6 Å². The second kappa shape index (κ2) is 8.90. The lowest BCUT2D eigenvalue weighted by atomic mass is 9.86. The van der Waals surface area contributed by atoms with Crippen molar-refractivity contribution < 1.29 is 27.8 Å². The largest absolute Gasteiger partial charge is 0.465 e. The molecule has 1 aliphatic heterocycles. The quantitative estimate of drug-likeness (QED) is 0.653. The molecule has 1 aliphatic carbocycles. The highest BCUT2D eigenvalue weighted by Gasteiger charge is 2.34. The first kappa shape index (κ1) is 22.8. The Morgan fingerprint density at radius 2 is 1.97 bits per heavy atom. The maximum absolute atomic E-state index is 12.6. The predicted octanol–water partition coefficient (Wildman–Crippen LogP) is 5.30. The van der Waals surface area contributed by atoms with Crippen LogP contribution in [-0.2, 0) is 17.8 Å². The van der Waals surface area contributed by atoms with Crippen molar-refractivity contribution in [1.82, 2.24) is 19.7 Å². The highest BCUT2D eigenvalue weighted by Crippen LogP contribution is 2.37. The number of hydrogen-bond acceptors (Lipinski definition) is 4. The number of halogens is 4. The summed E-state index contributed by atoms with van der Waals surface area (Å²) in [5.41, 5.74) is 1.56. The van der Waals surface area contributed by atoms with E-state index in [4.69, 9.17) is 16.3 Å². The second-order valence-corrected chi connectivity index (χ2v) is 8.90. The van der Waals surface area contributed by atoms with E-state index < -0.39 is 24.8 Å². The molecule has 1 aromatic carbocycles. The molecule has 32 heavy (non-hydrogen) atoms. The number of aromatic nitrogens is 3. The molecule has 1 N–H and O–H groups in total. The topological polar surface area (TPSA) is 80.5 Å². The monoisotopic (exact) mass is 472 g/mol. The first-order chi connectivity index (χ1) is 15.1. The van der Waals surface area contributed by atoms with E-state index in [-0.39, 0.29) is 25.1 Å². The van der Waals surface area contributed by atoms with Crippen molar-refractivity contribution in [2.24, 2.45) is 0 Å². The number of carboxylic acid groups (broad SMARTS) is 1. The Kier molecular flexibility index (Phi) is 6.35. The maximum atomic E-state index is 12.6. The number of carbonyl (C=O) groups is 1. The molecule has 7 nitrogen and oxygen atoms in total. The third kappa shape index (κ3) is 5.01. The van der Waals surface area contributed by atoms with Gasteiger partial charge in [-0.3, -0.25) is 9.47 Å². The van der Waals surface area contributed by atoms with Crippen molar-refractivity contribution in [2.75, 3.05) is 0 Å². The van der Waals surface area contributed by atoms with Gasteiger partial charge >= 0.3 is 12.3 Å². The van der Waals surface area contributed by atoms with Crippen LogP contribution in [0.2, 0.25) is 5.02 Å². The molecule has 1 amide bonds. The number of ether oxygens (including phenoxy) is 1. The van der Waals surface area contributed by atoms with Gasteiger partial charge in [0, 0.05) is 10.9 Å². The molecular weight excluding hydrogens is 449 g/mol. The Bertz CT molecular complexity index is 989. The van der Waals surface area contributed by atoms with Crippen LogP contribution < -0.4 is 0 Å². The van der Waals surface area contributed by atoms with Crippen LogP contribution in [0, 0.1) is 0 Å². The number of fused-ring (bicyclic) bond motifs is 3. The van der Waals surface area contributed by atoms with E-state index in [1.54, 1.807) is 12.1 Å². The van der Waals surface area contributed by atoms with E-state index in [2.05, 4.69) is 10.2 Å². The third-order valence-corrected chi connectivity index (χ3v) is 6.22. The van der Waals surface area contributed by atoms with Gasteiger partial charge in [-0.25, -0.2) is 4.79 Å². The summed E-state index contributed by atoms with van der Waals surface area (Å²) in [4.78, 5) is 12.9. The number of amides is 1. The fraction of sp³-hybridized carbons (Fsp3) is 0.571. The molecule has 11 heteroatoms. The van der Waals surface area contributed by atoms with Crippen molar-refractivity contribution in [2.45, 2.75) is 76.4 Å². The first-order valence-corrected chi connectivity index (χ1v) is 10.9. The van der Waals surface area contributed by atoms with Gasteiger partial charge in [0.15, 0.2) is 5.82 Å². The lowest BCUT2D eigenvalue weighted by Gasteiger charge is -2.30. The van der Waals surface area contributed by atoms with E-state index in [1.165, 1.54) is 11.8 Å². The summed E-state index contributed by atoms with van der Waals surface area (Å²) in [5.74, 6) is 1.31. The van der Waals surface area contributed by atoms with Gasteiger partial charge in [0.1, 0.15) is 5.82 Å². The van der Waals surface area contributed by atoms with Gasteiger partial charge < -0.3 is 9.84 Å². The van der Waals surface area contributed by atoms with E-state index in [0.29, 0.717) is 36.5 Å². The van der Waals surface area contributed by atoms with E-state index in [0.717, 1.165) is 17.1 Å². The van der Waals surface area contributed by atoms with Crippen LogP contribution in [0.4, 0.5) is 18.0 Å².